The van der Waals surface area contributed by atoms with Gasteiger partial charge >= 0.3 is 0 Å². The summed E-state index contributed by atoms with van der Waals surface area (Å²) in [5, 5.41) is 31.6. The monoisotopic (exact) mass is 384 g/mol. The van der Waals surface area contributed by atoms with Gasteiger partial charge in [-0.2, -0.15) is 5.26 Å². The number of imidazole rings is 1. The van der Waals surface area contributed by atoms with Crippen LogP contribution in [0.25, 0.3) is 16.6 Å². The van der Waals surface area contributed by atoms with E-state index < -0.39 is 0 Å². The number of anilines is 1. The van der Waals surface area contributed by atoms with E-state index in [1.165, 1.54) is 23.1 Å². The number of allylic oxidation sites excluding steroid dienone is 1. The van der Waals surface area contributed by atoms with Crippen molar-refractivity contribution in [1.82, 2.24) is 20.2 Å². The van der Waals surface area contributed by atoms with Crippen LogP contribution in [0.4, 0.5) is 5.13 Å². The van der Waals surface area contributed by atoms with E-state index in [2.05, 4.69) is 32.1 Å². The van der Waals surface area contributed by atoms with E-state index in [0.29, 0.717) is 21.8 Å². The predicted octanol–water partition coefficient (Wildman–Crippen LogP) is 3.99. The van der Waals surface area contributed by atoms with Crippen molar-refractivity contribution in [2.24, 2.45) is 0 Å². The zero-order valence-electron chi connectivity index (χ0n) is 13.9. The first-order valence-electron chi connectivity index (χ1n) is 7.75. The molecule has 7 nitrogen and oxygen atoms in total. The van der Waals surface area contributed by atoms with Gasteiger partial charge < -0.3 is 15.4 Å². The van der Waals surface area contributed by atoms with Crippen LogP contribution < -0.4 is 5.32 Å². The number of thioether (sulfide) groups is 1. The second-order valence-corrected chi connectivity index (χ2v) is 7.84. The number of aromatic amines is 1. The minimum atomic E-state index is -0.377. The molecule has 132 valence electrons. The minimum Gasteiger partial charge on any atom is -0.510 e. The molecule has 0 amide bonds. The molecular weight excluding hydrogens is 368 g/mol. The number of nitriles is 1. The smallest absolute Gasteiger partial charge is 0.206 e. The average molecular weight is 384 g/mol. The standard InChI is InChI=1S/C17H16N6OS2/c1-3-8-19-16-22-23-17(26-16)25-10(2)14(24)11(9-18)15-20-12-6-4-5-7-13(12)21-15/h3-7,10,24H,1,8H2,2H3,(H,19,22)(H,20,21)/b14-11-/t10-/m0/s1. The number of nitrogens with one attached hydrogen (secondary N) is 2. The van der Waals surface area contributed by atoms with Gasteiger partial charge in [-0.25, -0.2) is 4.98 Å². The Morgan fingerprint density at radius 2 is 2.31 bits per heavy atom. The molecule has 0 fully saturated rings. The minimum absolute atomic E-state index is 0.0487. The molecule has 0 spiro atoms. The quantitative estimate of drug-likeness (QED) is 0.244. The van der Waals surface area contributed by atoms with Crippen molar-refractivity contribution >= 4 is 44.8 Å². The number of benzene rings is 1. The number of hydrogen-bond donors (Lipinski definition) is 3. The van der Waals surface area contributed by atoms with Crippen LogP contribution in [0.3, 0.4) is 0 Å². The number of aliphatic hydroxyl groups is 1. The highest BCUT2D eigenvalue weighted by Crippen LogP contribution is 2.33. The van der Waals surface area contributed by atoms with Gasteiger partial charge in [0.05, 0.1) is 16.3 Å². The van der Waals surface area contributed by atoms with E-state index in [0.717, 1.165) is 11.0 Å². The molecule has 3 aromatic rings. The molecule has 0 saturated carbocycles. The molecule has 26 heavy (non-hydrogen) atoms. The molecule has 0 bridgehead atoms. The lowest BCUT2D eigenvalue weighted by atomic mass is 10.2. The maximum absolute atomic E-state index is 10.6. The Morgan fingerprint density at radius 1 is 1.50 bits per heavy atom. The van der Waals surface area contributed by atoms with Gasteiger partial charge in [-0.05, 0) is 19.1 Å². The van der Waals surface area contributed by atoms with E-state index in [-0.39, 0.29) is 16.6 Å². The predicted molar refractivity (Wildman–Crippen MR) is 105 cm³/mol. The topological polar surface area (TPSA) is 111 Å². The number of aliphatic hydroxyl groups excluding tert-OH is 1. The molecule has 0 radical (unpaired) electrons. The van der Waals surface area contributed by atoms with Gasteiger partial charge in [-0.1, -0.05) is 41.3 Å². The number of fused-ring (bicyclic) bond motifs is 1. The number of para-hydroxylation sites is 2. The van der Waals surface area contributed by atoms with E-state index in [1.54, 1.807) is 13.0 Å². The van der Waals surface area contributed by atoms with Crippen molar-refractivity contribution in [1.29, 1.82) is 5.26 Å². The van der Waals surface area contributed by atoms with E-state index >= 15 is 0 Å². The van der Waals surface area contributed by atoms with Crippen LogP contribution in [0.5, 0.6) is 0 Å². The summed E-state index contributed by atoms with van der Waals surface area (Å²) in [5.41, 5.74) is 1.67. The van der Waals surface area contributed by atoms with E-state index in [9.17, 15) is 10.4 Å². The lowest BCUT2D eigenvalue weighted by molar-refractivity contribution is 0.402. The third kappa shape index (κ3) is 3.87. The maximum Gasteiger partial charge on any atom is 0.206 e. The van der Waals surface area contributed by atoms with Gasteiger partial charge in [-0.15, -0.1) is 16.8 Å². The van der Waals surface area contributed by atoms with Crippen LogP contribution in [0.1, 0.15) is 12.7 Å². The third-order valence-electron chi connectivity index (χ3n) is 3.46. The number of H-pyrrole nitrogens is 1. The molecule has 0 unspecified atom stereocenters. The largest absolute Gasteiger partial charge is 0.510 e. The Morgan fingerprint density at radius 3 is 3.04 bits per heavy atom. The van der Waals surface area contributed by atoms with Crippen molar-refractivity contribution < 1.29 is 5.11 Å². The summed E-state index contributed by atoms with van der Waals surface area (Å²) in [7, 11) is 0. The first-order valence-corrected chi connectivity index (χ1v) is 9.45. The normalized spacial score (nSPS) is 13.1. The van der Waals surface area contributed by atoms with Crippen LogP contribution in [0, 0.1) is 11.3 Å². The molecule has 3 N–H and O–H groups in total. The second kappa shape index (κ2) is 8.03. The number of hydrogen-bond acceptors (Lipinski definition) is 8. The van der Waals surface area contributed by atoms with E-state index in [4.69, 9.17) is 0 Å². The summed E-state index contributed by atoms with van der Waals surface area (Å²) in [5.74, 6) is 0.302. The Kier molecular flexibility index (Phi) is 5.55. The lowest BCUT2D eigenvalue weighted by Crippen LogP contribution is -2.04. The molecule has 1 aromatic carbocycles. The summed E-state index contributed by atoms with van der Waals surface area (Å²) in [6.45, 7) is 6.04. The molecule has 0 aliphatic carbocycles. The van der Waals surface area contributed by atoms with Crippen LogP contribution in [0.15, 0.2) is 47.0 Å². The first kappa shape index (κ1) is 18.0. The molecule has 3 rings (SSSR count). The molecular formula is C17H16N6OS2. The Labute approximate surface area is 158 Å². The van der Waals surface area contributed by atoms with E-state index in [1.807, 2.05) is 30.3 Å². The van der Waals surface area contributed by atoms with Gasteiger partial charge in [-0.3, -0.25) is 0 Å². The summed E-state index contributed by atoms with van der Waals surface area (Å²) in [6.07, 6.45) is 1.73. The summed E-state index contributed by atoms with van der Waals surface area (Å²) in [6, 6.07) is 9.51. The van der Waals surface area contributed by atoms with Gasteiger partial charge in [0.15, 0.2) is 10.2 Å². The summed E-state index contributed by atoms with van der Waals surface area (Å²) < 4.78 is 0.692. The Bertz CT molecular complexity index is 967. The van der Waals surface area contributed by atoms with Crippen molar-refractivity contribution in [3.05, 3.63) is 48.5 Å². The molecule has 9 heteroatoms. The second-order valence-electron chi connectivity index (χ2n) is 5.28. The number of aromatic nitrogens is 4. The van der Waals surface area contributed by atoms with Gasteiger partial charge in [0, 0.05) is 6.54 Å². The zero-order chi connectivity index (χ0) is 18.5. The van der Waals surface area contributed by atoms with Gasteiger partial charge in [0.25, 0.3) is 0 Å². The van der Waals surface area contributed by atoms with Gasteiger partial charge in [0.1, 0.15) is 17.4 Å². The van der Waals surface area contributed by atoms with Crippen LogP contribution >= 0.6 is 23.1 Å². The van der Waals surface area contributed by atoms with Crippen molar-refractivity contribution in [3.63, 3.8) is 0 Å². The van der Waals surface area contributed by atoms with Crippen LogP contribution in [0.2, 0.25) is 0 Å². The molecule has 0 aliphatic rings. The summed E-state index contributed by atoms with van der Waals surface area (Å²) >= 11 is 2.71. The third-order valence-corrected chi connectivity index (χ3v) is 5.54. The first-order chi connectivity index (χ1) is 12.6. The van der Waals surface area contributed by atoms with Crippen molar-refractivity contribution in [3.8, 4) is 6.07 Å². The van der Waals surface area contributed by atoms with Crippen molar-refractivity contribution in [2.75, 3.05) is 11.9 Å². The molecule has 2 heterocycles. The number of rotatable bonds is 7. The molecule has 0 aliphatic heterocycles. The SMILES string of the molecule is C=CCNc1nnc(S[C@@H](C)/C(O)=C(\C#N)c2nc3ccccc3[nH]2)s1. The van der Waals surface area contributed by atoms with Crippen LogP contribution in [-0.4, -0.2) is 37.1 Å². The fourth-order valence-corrected chi connectivity index (χ4v) is 4.17. The maximum atomic E-state index is 10.6. The zero-order valence-corrected chi connectivity index (χ0v) is 15.6. The fraction of sp³-hybridized carbons (Fsp3) is 0.176. The van der Waals surface area contributed by atoms with Crippen LogP contribution in [-0.2, 0) is 0 Å². The van der Waals surface area contributed by atoms with Crippen molar-refractivity contribution in [2.45, 2.75) is 16.5 Å². The Balaban J connectivity index is 1.81. The molecule has 1 atom stereocenters. The Hall–Kier alpha value is -2.83. The summed E-state index contributed by atoms with van der Waals surface area (Å²) in [4.78, 5) is 7.45. The van der Waals surface area contributed by atoms with Gasteiger partial charge in [0.2, 0.25) is 5.13 Å². The average Bonchev–Trinajstić information content (AvgIpc) is 3.26. The lowest BCUT2D eigenvalue weighted by Gasteiger charge is -2.09. The fourth-order valence-electron chi connectivity index (χ4n) is 2.20. The molecule has 0 saturated heterocycles. The number of nitrogens with zero attached hydrogens (tertiary/aromatic N) is 4. The highest BCUT2D eigenvalue weighted by atomic mass is 32.2. The highest BCUT2D eigenvalue weighted by molar-refractivity contribution is 8.01. The highest BCUT2D eigenvalue weighted by Gasteiger charge is 2.20. The molecule has 2 aromatic heterocycles.